The van der Waals surface area contributed by atoms with Crippen molar-refractivity contribution in [2.45, 2.75) is 5.03 Å². The fourth-order valence-corrected chi connectivity index (χ4v) is 2.35. The second-order valence-corrected chi connectivity index (χ2v) is 4.62. The molecule has 1 aromatic heterocycles. The van der Waals surface area contributed by atoms with Crippen LogP contribution in [0.1, 0.15) is 0 Å². The molecule has 0 spiro atoms. The van der Waals surface area contributed by atoms with Gasteiger partial charge in [-0.25, -0.2) is 18.1 Å². The van der Waals surface area contributed by atoms with Crippen molar-refractivity contribution in [1.82, 2.24) is 14.3 Å². The Bertz CT molecular complexity index is 406. The fourth-order valence-electron chi connectivity index (χ4n) is 1.11. The summed E-state index contributed by atoms with van der Waals surface area (Å²) in [6, 6.07) is 0. The van der Waals surface area contributed by atoms with Crippen molar-refractivity contribution in [2.24, 2.45) is 7.05 Å². The van der Waals surface area contributed by atoms with E-state index in [1.807, 2.05) is 0 Å². The Morgan fingerprint density at radius 2 is 2.33 bits per heavy atom. The predicted molar refractivity (Wildman–Crippen MR) is 54.7 cm³/mol. The highest BCUT2D eigenvalue weighted by molar-refractivity contribution is 7.89. The second kappa shape index (κ2) is 4.60. The second-order valence-electron chi connectivity index (χ2n) is 2.94. The zero-order valence-corrected chi connectivity index (χ0v) is 9.41. The van der Waals surface area contributed by atoms with Gasteiger partial charge in [0.15, 0.2) is 10.8 Å². The number of rotatable bonds is 5. The van der Waals surface area contributed by atoms with Crippen molar-refractivity contribution in [3.8, 4) is 0 Å². The number of ether oxygens (including phenoxy) is 1. The highest BCUT2D eigenvalue weighted by Gasteiger charge is 2.21. The first-order chi connectivity index (χ1) is 6.99. The van der Waals surface area contributed by atoms with Crippen LogP contribution in [0, 0.1) is 0 Å². The van der Waals surface area contributed by atoms with E-state index in [0.717, 1.165) is 0 Å². The lowest BCUT2D eigenvalue weighted by Crippen LogP contribution is -2.29. The molecule has 0 atom stereocenters. The summed E-state index contributed by atoms with van der Waals surface area (Å²) in [6.45, 7) is 0.500. The van der Waals surface area contributed by atoms with Crippen LogP contribution >= 0.6 is 0 Å². The zero-order valence-electron chi connectivity index (χ0n) is 8.60. The number of hydrogen-bond donors (Lipinski definition) is 2. The van der Waals surface area contributed by atoms with E-state index in [-0.39, 0.29) is 17.4 Å². The molecule has 0 amide bonds. The standard InChI is InChI=1S/C7H14N4O3S/c1-11-5-9-6(8)7(11)15(12,13)10-3-4-14-2/h5,10H,3-4,8H2,1-2H3. The molecule has 86 valence electrons. The van der Waals surface area contributed by atoms with E-state index in [1.165, 1.54) is 18.0 Å². The number of hydrogen-bond acceptors (Lipinski definition) is 5. The molecule has 0 aromatic carbocycles. The van der Waals surface area contributed by atoms with Crippen LogP contribution in [0.2, 0.25) is 0 Å². The van der Waals surface area contributed by atoms with Crippen LogP contribution in [0.3, 0.4) is 0 Å². The van der Waals surface area contributed by atoms with E-state index in [0.29, 0.717) is 6.61 Å². The summed E-state index contributed by atoms with van der Waals surface area (Å²) in [5, 5.41) is -0.0291. The quantitative estimate of drug-likeness (QED) is 0.632. The largest absolute Gasteiger partial charge is 0.383 e. The third-order valence-corrected chi connectivity index (χ3v) is 3.35. The minimum atomic E-state index is -3.61. The number of nitrogens with zero attached hydrogens (tertiary/aromatic N) is 2. The van der Waals surface area contributed by atoms with Gasteiger partial charge in [-0.1, -0.05) is 0 Å². The molecule has 1 rings (SSSR count). The predicted octanol–water partition coefficient (Wildman–Crippen LogP) is -1.07. The molecule has 3 N–H and O–H groups in total. The first-order valence-corrected chi connectivity index (χ1v) is 5.72. The summed E-state index contributed by atoms with van der Waals surface area (Å²) in [7, 11) is -0.549. The smallest absolute Gasteiger partial charge is 0.260 e. The van der Waals surface area contributed by atoms with Crippen LogP contribution in [0.5, 0.6) is 0 Å². The number of aryl methyl sites for hydroxylation is 1. The average molecular weight is 234 g/mol. The normalized spacial score (nSPS) is 11.9. The molecular weight excluding hydrogens is 220 g/mol. The van der Waals surface area contributed by atoms with E-state index in [2.05, 4.69) is 9.71 Å². The van der Waals surface area contributed by atoms with Crippen molar-refractivity contribution >= 4 is 15.8 Å². The first-order valence-electron chi connectivity index (χ1n) is 4.24. The molecule has 0 aliphatic rings. The fraction of sp³-hybridized carbons (Fsp3) is 0.571. The van der Waals surface area contributed by atoms with E-state index in [4.69, 9.17) is 10.5 Å². The van der Waals surface area contributed by atoms with Crippen LogP contribution in [0.4, 0.5) is 5.82 Å². The number of aromatic nitrogens is 2. The molecule has 0 aliphatic heterocycles. The van der Waals surface area contributed by atoms with Crippen LogP contribution in [0.15, 0.2) is 11.4 Å². The Morgan fingerprint density at radius 1 is 1.67 bits per heavy atom. The molecule has 1 aromatic rings. The number of imidazole rings is 1. The van der Waals surface area contributed by atoms with Crippen LogP contribution in [-0.4, -0.2) is 38.2 Å². The summed E-state index contributed by atoms with van der Waals surface area (Å²) in [5.74, 6) is -0.0117. The lowest BCUT2D eigenvalue weighted by molar-refractivity contribution is 0.204. The highest BCUT2D eigenvalue weighted by atomic mass is 32.2. The van der Waals surface area contributed by atoms with Gasteiger partial charge < -0.3 is 15.0 Å². The first kappa shape index (κ1) is 12.0. The minimum absolute atomic E-state index is 0.0117. The topological polar surface area (TPSA) is 99.2 Å². The van der Waals surface area contributed by atoms with Gasteiger partial charge in [0.2, 0.25) is 0 Å². The molecule has 0 aliphatic carbocycles. The summed E-state index contributed by atoms with van der Waals surface area (Å²) < 4.78 is 31.8. The maximum Gasteiger partial charge on any atom is 0.260 e. The number of nitrogen functional groups attached to an aromatic ring is 1. The minimum Gasteiger partial charge on any atom is -0.383 e. The van der Waals surface area contributed by atoms with E-state index in [1.54, 1.807) is 7.05 Å². The monoisotopic (exact) mass is 234 g/mol. The molecule has 7 nitrogen and oxygen atoms in total. The average Bonchev–Trinajstić information content (AvgIpc) is 2.46. The number of anilines is 1. The lowest BCUT2D eigenvalue weighted by Gasteiger charge is -2.06. The number of methoxy groups -OCH3 is 1. The molecule has 8 heteroatoms. The molecular formula is C7H14N4O3S. The highest BCUT2D eigenvalue weighted by Crippen LogP contribution is 2.14. The van der Waals surface area contributed by atoms with Crippen molar-refractivity contribution < 1.29 is 13.2 Å². The Hall–Kier alpha value is -1.12. The molecule has 0 fully saturated rings. The van der Waals surface area contributed by atoms with Crippen molar-refractivity contribution in [2.75, 3.05) is 26.0 Å². The molecule has 0 radical (unpaired) electrons. The molecule has 0 saturated heterocycles. The molecule has 0 saturated carbocycles. The Labute approximate surface area is 88.3 Å². The molecule has 15 heavy (non-hydrogen) atoms. The van der Waals surface area contributed by atoms with Crippen LogP contribution in [-0.2, 0) is 21.8 Å². The third-order valence-electron chi connectivity index (χ3n) is 1.76. The Morgan fingerprint density at radius 3 is 2.80 bits per heavy atom. The van der Waals surface area contributed by atoms with Crippen molar-refractivity contribution in [1.29, 1.82) is 0 Å². The lowest BCUT2D eigenvalue weighted by atomic mass is 10.7. The number of nitrogens with two attached hydrogens (primary N) is 1. The SMILES string of the molecule is COCCNS(=O)(=O)c1c(N)ncn1C. The van der Waals surface area contributed by atoms with Gasteiger partial charge in [0.25, 0.3) is 10.0 Å². The van der Waals surface area contributed by atoms with Gasteiger partial charge in [-0.3, -0.25) is 0 Å². The van der Waals surface area contributed by atoms with E-state index >= 15 is 0 Å². The Balaban J connectivity index is 2.87. The third kappa shape index (κ3) is 2.67. The molecule has 0 bridgehead atoms. The van der Waals surface area contributed by atoms with Crippen molar-refractivity contribution in [3.63, 3.8) is 0 Å². The van der Waals surface area contributed by atoms with Crippen molar-refractivity contribution in [3.05, 3.63) is 6.33 Å². The number of nitrogens with one attached hydrogen (secondary N) is 1. The van der Waals surface area contributed by atoms with Crippen LogP contribution < -0.4 is 10.5 Å². The van der Waals surface area contributed by atoms with Gasteiger partial charge in [-0.15, -0.1) is 0 Å². The van der Waals surface area contributed by atoms with Gasteiger partial charge >= 0.3 is 0 Å². The van der Waals surface area contributed by atoms with E-state index < -0.39 is 10.0 Å². The molecule has 0 unspecified atom stereocenters. The summed E-state index contributed by atoms with van der Waals surface area (Å²) >= 11 is 0. The maximum atomic E-state index is 11.7. The van der Waals surface area contributed by atoms with Gasteiger partial charge in [0.05, 0.1) is 12.9 Å². The molecule has 1 heterocycles. The van der Waals surface area contributed by atoms with Crippen LogP contribution in [0.25, 0.3) is 0 Å². The summed E-state index contributed by atoms with van der Waals surface area (Å²) in [6.07, 6.45) is 1.35. The maximum absolute atomic E-state index is 11.7. The zero-order chi connectivity index (χ0) is 11.5. The van der Waals surface area contributed by atoms with Gasteiger partial charge in [0.1, 0.15) is 0 Å². The van der Waals surface area contributed by atoms with Gasteiger partial charge in [-0.2, -0.15) is 0 Å². The van der Waals surface area contributed by atoms with E-state index in [9.17, 15) is 8.42 Å². The summed E-state index contributed by atoms with van der Waals surface area (Å²) in [4.78, 5) is 3.70. The van der Waals surface area contributed by atoms with Gasteiger partial charge in [-0.05, 0) is 0 Å². The number of sulfonamides is 1. The Kier molecular flexibility index (Phi) is 3.66. The van der Waals surface area contributed by atoms with Gasteiger partial charge in [0, 0.05) is 20.7 Å². The summed E-state index contributed by atoms with van der Waals surface area (Å²) in [5.41, 5.74) is 5.45.